The summed E-state index contributed by atoms with van der Waals surface area (Å²) in [5.74, 6) is 0.548. The van der Waals surface area contributed by atoms with E-state index in [1.807, 2.05) is 0 Å². The first-order valence-electron chi connectivity index (χ1n) is 9.49. The molecular weight excluding hydrogens is 454 g/mol. The molecule has 1 aromatic heterocycles. The van der Waals surface area contributed by atoms with Crippen LogP contribution >= 0.6 is 11.6 Å². The average molecular weight is 476 g/mol. The predicted octanol–water partition coefficient (Wildman–Crippen LogP) is 4.88. The number of halogens is 1. The Labute approximate surface area is 191 Å². The molecule has 3 aromatic rings. The Kier molecular flexibility index (Phi) is 6.90. The van der Waals surface area contributed by atoms with Crippen molar-refractivity contribution in [1.82, 2.24) is 5.16 Å². The summed E-state index contributed by atoms with van der Waals surface area (Å²) in [6.45, 7) is 4.80. The van der Waals surface area contributed by atoms with Crippen molar-refractivity contribution in [2.24, 2.45) is 0 Å². The van der Waals surface area contributed by atoms with E-state index in [0.717, 1.165) is 0 Å². The summed E-state index contributed by atoms with van der Waals surface area (Å²) < 4.78 is 38.9. The van der Waals surface area contributed by atoms with Gasteiger partial charge in [-0.2, -0.15) is 0 Å². The van der Waals surface area contributed by atoms with Crippen LogP contribution in [0.2, 0.25) is 5.02 Å². The van der Waals surface area contributed by atoms with Crippen LogP contribution in [-0.2, 0) is 14.8 Å². The zero-order valence-corrected chi connectivity index (χ0v) is 19.5. The summed E-state index contributed by atoms with van der Waals surface area (Å²) in [5, 5.41) is 6.81. The smallest absolute Gasteiger partial charge is 0.262 e. The topological polar surface area (TPSA) is 111 Å². The van der Waals surface area contributed by atoms with Gasteiger partial charge < -0.3 is 14.6 Å². The van der Waals surface area contributed by atoms with E-state index >= 15 is 0 Å². The maximum atomic E-state index is 13.0. The molecule has 10 heteroatoms. The molecule has 0 unspecified atom stereocenters. The standard InChI is InChI=1S/C22H22ClN3O5S/c1-13-5-6-16(7-9-20-22(24-15(3)27)14(2)25-31-20)11-21(13)32(28,29)26-17-8-10-19(30-4)18(23)12-17/h5-12,26H,1-4H3,(H,24,27)/b9-7-. The Balaban J connectivity index is 1.89. The molecular formula is C22H22ClN3O5S. The summed E-state index contributed by atoms with van der Waals surface area (Å²) in [5.41, 5.74) is 2.50. The van der Waals surface area contributed by atoms with Crippen molar-refractivity contribution in [3.05, 3.63) is 64.0 Å². The number of rotatable bonds is 7. The number of aromatic nitrogens is 1. The fourth-order valence-electron chi connectivity index (χ4n) is 2.95. The van der Waals surface area contributed by atoms with Crippen LogP contribution in [0, 0.1) is 13.8 Å². The quantitative estimate of drug-likeness (QED) is 0.503. The van der Waals surface area contributed by atoms with E-state index in [2.05, 4.69) is 15.2 Å². The third-order valence-corrected chi connectivity index (χ3v) is 6.34. The first-order chi connectivity index (χ1) is 15.1. The number of aryl methyl sites for hydroxylation is 2. The lowest BCUT2D eigenvalue weighted by atomic mass is 10.1. The van der Waals surface area contributed by atoms with E-state index < -0.39 is 10.0 Å². The van der Waals surface area contributed by atoms with Crippen LogP contribution in [-0.4, -0.2) is 26.6 Å². The summed E-state index contributed by atoms with van der Waals surface area (Å²) >= 11 is 6.10. The molecule has 0 aliphatic heterocycles. The summed E-state index contributed by atoms with van der Waals surface area (Å²) in [4.78, 5) is 11.5. The first kappa shape index (κ1) is 23.4. The van der Waals surface area contributed by atoms with Crippen LogP contribution in [0.5, 0.6) is 5.75 Å². The lowest BCUT2D eigenvalue weighted by molar-refractivity contribution is -0.114. The van der Waals surface area contributed by atoms with Crippen LogP contribution in [0.25, 0.3) is 12.2 Å². The van der Waals surface area contributed by atoms with Crippen LogP contribution in [0.4, 0.5) is 11.4 Å². The molecule has 0 saturated heterocycles. The molecule has 3 rings (SSSR count). The van der Waals surface area contributed by atoms with Gasteiger partial charge in [0.25, 0.3) is 10.0 Å². The highest BCUT2D eigenvalue weighted by Gasteiger charge is 2.18. The number of amides is 1. The van der Waals surface area contributed by atoms with Crippen molar-refractivity contribution >= 4 is 51.1 Å². The van der Waals surface area contributed by atoms with Crippen LogP contribution < -0.4 is 14.8 Å². The van der Waals surface area contributed by atoms with Gasteiger partial charge >= 0.3 is 0 Å². The number of nitrogens with one attached hydrogen (secondary N) is 2. The maximum Gasteiger partial charge on any atom is 0.262 e. The summed E-state index contributed by atoms with van der Waals surface area (Å²) in [6, 6.07) is 9.65. The Morgan fingerprint density at radius 2 is 1.91 bits per heavy atom. The van der Waals surface area contributed by atoms with Crippen LogP contribution in [0.15, 0.2) is 45.8 Å². The minimum atomic E-state index is -3.88. The number of anilines is 2. The number of methoxy groups -OCH3 is 1. The second-order valence-corrected chi connectivity index (χ2v) is 9.06. The molecule has 0 aliphatic carbocycles. The van der Waals surface area contributed by atoms with Gasteiger partial charge in [-0.1, -0.05) is 35.0 Å². The van der Waals surface area contributed by atoms with Gasteiger partial charge in [0.05, 0.1) is 22.7 Å². The fraction of sp³-hybridized carbons (Fsp3) is 0.182. The Hall–Kier alpha value is -3.30. The van der Waals surface area contributed by atoms with Crippen LogP contribution in [0.3, 0.4) is 0 Å². The van der Waals surface area contributed by atoms with Gasteiger partial charge in [-0.15, -0.1) is 0 Å². The normalized spacial score (nSPS) is 11.5. The largest absolute Gasteiger partial charge is 0.495 e. The highest BCUT2D eigenvalue weighted by molar-refractivity contribution is 7.92. The first-order valence-corrected chi connectivity index (χ1v) is 11.4. The van der Waals surface area contributed by atoms with Crippen molar-refractivity contribution in [2.45, 2.75) is 25.7 Å². The number of hydrogen-bond donors (Lipinski definition) is 2. The van der Waals surface area contributed by atoms with E-state index in [1.54, 1.807) is 56.3 Å². The highest BCUT2D eigenvalue weighted by Crippen LogP contribution is 2.29. The van der Waals surface area contributed by atoms with Gasteiger partial charge in [-0.25, -0.2) is 8.42 Å². The van der Waals surface area contributed by atoms with E-state index in [9.17, 15) is 13.2 Å². The third-order valence-electron chi connectivity index (χ3n) is 4.52. The minimum absolute atomic E-state index is 0.113. The Morgan fingerprint density at radius 3 is 2.56 bits per heavy atom. The van der Waals surface area contributed by atoms with Crippen molar-refractivity contribution in [2.75, 3.05) is 17.1 Å². The lowest BCUT2D eigenvalue weighted by Gasteiger charge is -2.12. The van der Waals surface area contributed by atoms with Crippen molar-refractivity contribution < 1.29 is 22.5 Å². The second-order valence-electron chi connectivity index (χ2n) is 7.00. The van der Waals surface area contributed by atoms with Crippen molar-refractivity contribution in [3.63, 3.8) is 0 Å². The number of ether oxygens (including phenoxy) is 1. The molecule has 0 radical (unpaired) electrons. The fourth-order valence-corrected chi connectivity index (χ4v) is 4.54. The molecule has 0 bridgehead atoms. The molecule has 168 valence electrons. The molecule has 0 fully saturated rings. The molecule has 1 amide bonds. The predicted molar refractivity (Wildman–Crippen MR) is 124 cm³/mol. The van der Waals surface area contributed by atoms with Gasteiger partial charge in [-0.3, -0.25) is 9.52 Å². The number of benzene rings is 2. The zero-order valence-electron chi connectivity index (χ0n) is 17.9. The number of sulfonamides is 1. The second kappa shape index (κ2) is 9.46. The number of nitrogens with zero attached hydrogens (tertiary/aromatic N) is 1. The summed E-state index contributed by atoms with van der Waals surface area (Å²) in [6.07, 6.45) is 3.29. The third kappa shape index (κ3) is 5.30. The molecule has 8 nitrogen and oxygen atoms in total. The van der Waals surface area contributed by atoms with E-state index in [4.69, 9.17) is 20.9 Å². The Bertz CT molecular complexity index is 1300. The molecule has 32 heavy (non-hydrogen) atoms. The summed E-state index contributed by atoms with van der Waals surface area (Å²) in [7, 11) is -2.40. The number of carbonyl (C=O) groups excluding carboxylic acids is 1. The van der Waals surface area contributed by atoms with Gasteiger partial charge in [0.2, 0.25) is 5.91 Å². The molecule has 0 aliphatic rings. The minimum Gasteiger partial charge on any atom is -0.495 e. The zero-order chi connectivity index (χ0) is 23.5. The lowest BCUT2D eigenvalue weighted by Crippen LogP contribution is -2.14. The van der Waals surface area contributed by atoms with Gasteiger partial charge in [-0.05, 0) is 55.3 Å². The average Bonchev–Trinajstić information content (AvgIpc) is 3.06. The number of carbonyl (C=O) groups is 1. The Morgan fingerprint density at radius 1 is 1.16 bits per heavy atom. The van der Waals surface area contributed by atoms with E-state index in [0.29, 0.717) is 44.7 Å². The monoisotopic (exact) mass is 475 g/mol. The molecule has 0 saturated carbocycles. The van der Waals surface area contributed by atoms with Crippen molar-refractivity contribution in [3.8, 4) is 5.75 Å². The molecule has 0 spiro atoms. The molecule has 2 N–H and O–H groups in total. The SMILES string of the molecule is COc1ccc(NS(=O)(=O)c2cc(/C=C\c3onc(C)c3NC(C)=O)ccc2C)cc1Cl. The van der Waals surface area contributed by atoms with E-state index in [-0.39, 0.29) is 10.8 Å². The molecule has 0 atom stereocenters. The maximum absolute atomic E-state index is 13.0. The van der Waals surface area contributed by atoms with Crippen molar-refractivity contribution in [1.29, 1.82) is 0 Å². The van der Waals surface area contributed by atoms with Gasteiger partial charge in [0.1, 0.15) is 17.1 Å². The van der Waals surface area contributed by atoms with Crippen LogP contribution in [0.1, 0.15) is 29.5 Å². The highest BCUT2D eigenvalue weighted by atomic mass is 35.5. The van der Waals surface area contributed by atoms with Gasteiger partial charge in [0.15, 0.2) is 5.76 Å². The van der Waals surface area contributed by atoms with Gasteiger partial charge in [0, 0.05) is 6.92 Å². The van der Waals surface area contributed by atoms with E-state index in [1.165, 1.54) is 20.1 Å². The molecule has 1 heterocycles. The number of hydrogen-bond acceptors (Lipinski definition) is 6. The molecule has 2 aromatic carbocycles.